The molecule has 0 aliphatic heterocycles. The van der Waals surface area contributed by atoms with Gasteiger partial charge in [-0.3, -0.25) is 0 Å². The molecule has 5 heteroatoms. The molecule has 19 heavy (non-hydrogen) atoms. The van der Waals surface area contributed by atoms with Crippen LogP contribution in [-0.2, 0) is 4.74 Å². The van der Waals surface area contributed by atoms with Gasteiger partial charge >= 0.3 is 6.09 Å². The van der Waals surface area contributed by atoms with Crippen LogP contribution >= 0.6 is 0 Å². The third kappa shape index (κ3) is 4.19. The van der Waals surface area contributed by atoms with Gasteiger partial charge in [0.15, 0.2) is 0 Å². The Labute approximate surface area is 112 Å². The van der Waals surface area contributed by atoms with E-state index in [2.05, 4.69) is 0 Å². The Balaban J connectivity index is 2.90. The van der Waals surface area contributed by atoms with Gasteiger partial charge in [0.1, 0.15) is 17.2 Å². The first-order valence-electron chi connectivity index (χ1n) is 6.02. The topological polar surface area (TPSA) is 29.5 Å². The number of nitrogens with zero attached hydrogens (tertiary/aromatic N) is 1. The molecule has 0 saturated heterocycles. The first kappa shape index (κ1) is 15.4. The van der Waals surface area contributed by atoms with Crippen molar-refractivity contribution in [2.45, 2.75) is 39.3 Å². The number of carbonyl (C=O) groups excluding carboxylic acids is 1. The van der Waals surface area contributed by atoms with E-state index < -0.39 is 29.4 Å². The molecule has 3 nitrogen and oxygen atoms in total. The van der Waals surface area contributed by atoms with Crippen molar-refractivity contribution < 1.29 is 18.3 Å². The van der Waals surface area contributed by atoms with E-state index in [1.807, 2.05) is 0 Å². The summed E-state index contributed by atoms with van der Waals surface area (Å²) in [7, 11) is 1.49. The average Bonchev–Trinajstić information content (AvgIpc) is 2.28. The van der Waals surface area contributed by atoms with Crippen LogP contribution in [0, 0.1) is 11.6 Å². The normalized spacial score (nSPS) is 13.0. The smallest absolute Gasteiger partial charge is 0.410 e. The first-order chi connectivity index (χ1) is 8.61. The Kier molecular flexibility index (Phi) is 4.50. The Morgan fingerprint density at radius 3 is 2.42 bits per heavy atom. The molecule has 1 unspecified atom stereocenters. The molecule has 0 bridgehead atoms. The predicted molar refractivity (Wildman–Crippen MR) is 68.8 cm³/mol. The molecule has 1 aromatic carbocycles. The number of halogens is 2. The molecular weight excluding hydrogens is 252 g/mol. The van der Waals surface area contributed by atoms with Gasteiger partial charge in [-0.05, 0) is 45.9 Å². The van der Waals surface area contributed by atoms with Gasteiger partial charge < -0.3 is 9.64 Å². The van der Waals surface area contributed by atoms with E-state index in [0.29, 0.717) is 0 Å². The molecule has 1 rings (SSSR count). The number of benzene rings is 1. The van der Waals surface area contributed by atoms with Crippen molar-refractivity contribution in [3.63, 3.8) is 0 Å². The van der Waals surface area contributed by atoms with Crippen LogP contribution in [0.5, 0.6) is 0 Å². The first-order valence-corrected chi connectivity index (χ1v) is 6.02. The molecule has 0 aromatic heterocycles. The minimum atomic E-state index is -0.633. The summed E-state index contributed by atoms with van der Waals surface area (Å²) >= 11 is 0. The van der Waals surface area contributed by atoms with Crippen LogP contribution in [0.1, 0.15) is 39.3 Å². The summed E-state index contributed by atoms with van der Waals surface area (Å²) in [5, 5.41) is 0. The predicted octanol–water partition coefficient (Wildman–Crippen LogP) is 3.89. The van der Waals surface area contributed by atoms with E-state index in [1.54, 1.807) is 27.7 Å². The van der Waals surface area contributed by atoms with Crippen LogP contribution in [0.3, 0.4) is 0 Å². The summed E-state index contributed by atoms with van der Waals surface area (Å²) in [4.78, 5) is 13.1. The van der Waals surface area contributed by atoms with Crippen LogP contribution in [0.4, 0.5) is 13.6 Å². The number of rotatable bonds is 2. The van der Waals surface area contributed by atoms with Crippen molar-refractivity contribution in [3.8, 4) is 0 Å². The highest BCUT2D eigenvalue weighted by molar-refractivity contribution is 5.68. The Morgan fingerprint density at radius 1 is 1.32 bits per heavy atom. The Bertz CT molecular complexity index is 469. The van der Waals surface area contributed by atoms with E-state index >= 15 is 0 Å². The van der Waals surface area contributed by atoms with E-state index in [1.165, 1.54) is 11.9 Å². The molecule has 0 N–H and O–H groups in total. The zero-order valence-corrected chi connectivity index (χ0v) is 11.8. The van der Waals surface area contributed by atoms with Gasteiger partial charge in [-0.25, -0.2) is 13.6 Å². The maximum absolute atomic E-state index is 13.6. The Morgan fingerprint density at radius 2 is 1.89 bits per heavy atom. The van der Waals surface area contributed by atoms with Crippen LogP contribution < -0.4 is 0 Å². The highest BCUT2D eigenvalue weighted by atomic mass is 19.1. The Hall–Kier alpha value is -1.65. The number of amides is 1. The van der Waals surface area contributed by atoms with Crippen molar-refractivity contribution in [2.24, 2.45) is 0 Å². The van der Waals surface area contributed by atoms with Crippen molar-refractivity contribution in [1.82, 2.24) is 4.90 Å². The molecule has 0 aliphatic carbocycles. The maximum atomic E-state index is 13.6. The van der Waals surface area contributed by atoms with Crippen molar-refractivity contribution in [1.29, 1.82) is 0 Å². The average molecular weight is 271 g/mol. The molecular formula is C14H19F2NO2. The fraction of sp³-hybridized carbons (Fsp3) is 0.500. The van der Waals surface area contributed by atoms with Crippen molar-refractivity contribution >= 4 is 6.09 Å². The zero-order valence-electron chi connectivity index (χ0n) is 11.8. The van der Waals surface area contributed by atoms with E-state index in [9.17, 15) is 13.6 Å². The van der Waals surface area contributed by atoms with E-state index in [4.69, 9.17) is 4.74 Å². The lowest BCUT2D eigenvalue weighted by Gasteiger charge is -2.29. The zero-order chi connectivity index (χ0) is 14.8. The second-order valence-corrected chi connectivity index (χ2v) is 5.43. The fourth-order valence-corrected chi connectivity index (χ4v) is 1.54. The van der Waals surface area contributed by atoms with Crippen LogP contribution in [0.2, 0.25) is 0 Å². The molecule has 0 saturated carbocycles. The molecule has 0 aliphatic rings. The lowest BCUT2D eigenvalue weighted by atomic mass is 10.1. The molecule has 0 heterocycles. The van der Waals surface area contributed by atoms with Gasteiger partial charge in [0.2, 0.25) is 0 Å². The summed E-state index contributed by atoms with van der Waals surface area (Å²) in [5.41, 5.74) is -0.515. The second-order valence-electron chi connectivity index (χ2n) is 5.43. The highest BCUT2D eigenvalue weighted by Gasteiger charge is 2.25. The second kappa shape index (κ2) is 5.55. The van der Waals surface area contributed by atoms with Crippen molar-refractivity contribution in [3.05, 3.63) is 35.4 Å². The minimum absolute atomic E-state index is 0.119. The molecule has 0 spiro atoms. The SMILES string of the molecule is CC(c1cc(F)ccc1F)N(C)C(=O)OC(C)(C)C. The van der Waals surface area contributed by atoms with Crippen LogP contribution in [0.15, 0.2) is 18.2 Å². The minimum Gasteiger partial charge on any atom is -0.444 e. The van der Waals surface area contributed by atoms with Gasteiger partial charge in [-0.15, -0.1) is 0 Å². The quantitative estimate of drug-likeness (QED) is 0.816. The van der Waals surface area contributed by atoms with Gasteiger partial charge in [0, 0.05) is 12.6 Å². The molecule has 1 aromatic rings. The summed E-state index contributed by atoms with van der Waals surface area (Å²) in [5.74, 6) is -1.09. The third-order valence-corrected chi connectivity index (χ3v) is 2.67. The molecule has 1 amide bonds. The number of ether oxygens (including phenoxy) is 1. The molecule has 106 valence electrons. The lowest BCUT2D eigenvalue weighted by molar-refractivity contribution is 0.0231. The maximum Gasteiger partial charge on any atom is 0.410 e. The van der Waals surface area contributed by atoms with Crippen molar-refractivity contribution in [2.75, 3.05) is 7.05 Å². The van der Waals surface area contributed by atoms with E-state index in [0.717, 1.165) is 18.2 Å². The fourth-order valence-electron chi connectivity index (χ4n) is 1.54. The van der Waals surface area contributed by atoms with Crippen LogP contribution in [-0.4, -0.2) is 23.6 Å². The van der Waals surface area contributed by atoms with Gasteiger partial charge in [-0.2, -0.15) is 0 Å². The van der Waals surface area contributed by atoms with Gasteiger partial charge in [-0.1, -0.05) is 0 Å². The summed E-state index contributed by atoms with van der Waals surface area (Å²) in [6.45, 7) is 6.84. The monoisotopic (exact) mass is 271 g/mol. The third-order valence-electron chi connectivity index (χ3n) is 2.67. The summed E-state index contributed by atoms with van der Waals surface area (Å²) in [6, 6.07) is 2.55. The van der Waals surface area contributed by atoms with E-state index in [-0.39, 0.29) is 5.56 Å². The number of hydrogen-bond donors (Lipinski definition) is 0. The largest absolute Gasteiger partial charge is 0.444 e. The molecule has 1 atom stereocenters. The van der Waals surface area contributed by atoms with Gasteiger partial charge in [0.05, 0.1) is 6.04 Å². The lowest BCUT2D eigenvalue weighted by Crippen LogP contribution is -2.36. The number of carbonyl (C=O) groups is 1. The van der Waals surface area contributed by atoms with Gasteiger partial charge in [0.25, 0.3) is 0 Å². The number of hydrogen-bond acceptors (Lipinski definition) is 2. The molecule has 0 radical (unpaired) electrons. The standard InChI is InChI=1S/C14H19F2NO2/c1-9(11-8-10(15)6-7-12(11)16)17(5)13(18)19-14(2,3)4/h6-9H,1-5H3. The molecule has 0 fully saturated rings. The summed E-state index contributed by atoms with van der Waals surface area (Å²) < 4.78 is 32.0. The summed E-state index contributed by atoms with van der Waals surface area (Å²) in [6.07, 6.45) is -0.580. The van der Waals surface area contributed by atoms with Crippen LogP contribution in [0.25, 0.3) is 0 Å². The highest BCUT2D eigenvalue weighted by Crippen LogP contribution is 2.24.